The molecule has 1 heterocycles. The third-order valence-corrected chi connectivity index (χ3v) is 2.32. The van der Waals surface area contributed by atoms with Crippen LogP contribution in [0.3, 0.4) is 0 Å². The molecule has 88 valence electrons. The molecular formula is C12H8F3NO. The van der Waals surface area contributed by atoms with Gasteiger partial charge in [0.2, 0.25) is 0 Å². The number of hydrogen-bond acceptors (Lipinski definition) is 1. The maximum absolute atomic E-state index is 12.7. The lowest BCUT2D eigenvalue weighted by atomic mass is 10.0. The molecule has 0 spiro atoms. The fraction of sp³-hybridized carbons (Fsp3) is 0.0833. The van der Waals surface area contributed by atoms with Crippen molar-refractivity contribution in [3.8, 4) is 11.1 Å². The number of rotatable bonds is 1. The minimum atomic E-state index is -4.43. The fourth-order valence-corrected chi connectivity index (χ4v) is 1.60. The van der Waals surface area contributed by atoms with Crippen LogP contribution in [0.1, 0.15) is 5.56 Å². The van der Waals surface area contributed by atoms with E-state index in [4.69, 9.17) is 0 Å². The largest absolute Gasteiger partial charge is 0.619 e. The van der Waals surface area contributed by atoms with Crippen molar-refractivity contribution >= 4 is 0 Å². The van der Waals surface area contributed by atoms with Crippen LogP contribution < -0.4 is 4.73 Å². The van der Waals surface area contributed by atoms with Crippen LogP contribution in [0.2, 0.25) is 0 Å². The van der Waals surface area contributed by atoms with Crippen molar-refractivity contribution in [3.63, 3.8) is 0 Å². The molecule has 0 amide bonds. The van der Waals surface area contributed by atoms with Gasteiger partial charge in [-0.15, -0.1) is 0 Å². The van der Waals surface area contributed by atoms with E-state index in [-0.39, 0.29) is 11.1 Å². The predicted octanol–water partition coefficient (Wildman–Crippen LogP) is 3.01. The quantitative estimate of drug-likeness (QED) is 0.555. The minimum absolute atomic E-state index is 0.00481. The third-order valence-electron chi connectivity index (χ3n) is 2.32. The number of benzene rings is 1. The average Bonchev–Trinajstić information content (AvgIpc) is 2.28. The van der Waals surface area contributed by atoms with Crippen LogP contribution in [0, 0.1) is 5.21 Å². The van der Waals surface area contributed by atoms with E-state index >= 15 is 0 Å². The van der Waals surface area contributed by atoms with E-state index in [1.165, 1.54) is 36.5 Å². The van der Waals surface area contributed by atoms with Crippen LogP contribution in [0.5, 0.6) is 0 Å². The summed E-state index contributed by atoms with van der Waals surface area (Å²) in [7, 11) is 0. The van der Waals surface area contributed by atoms with Gasteiger partial charge < -0.3 is 5.21 Å². The lowest BCUT2D eigenvalue weighted by Gasteiger charge is -2.11. The SMILES string of the molecule is [O-][n+]1cccc(-c2ccccc2C(F)(F)F)c1. The average molecular weight is 239 g/mol. The molecule has 2 aromatic rings. The first kappa shape index (κ1) is 11.4. The smallest absolute Gasteiger partial charge is 0.417 e. The molecule has 0 saturated carbocycles. The zero-order valence-corrected chi connectivity index (χ0v) is 8.61. The fourth-order valence-electron chi connectivity index (χ4n) is 1.60. The lowest BCUT2D eigenvalue weighted by Crippen LogP contribution is -2.24. The molecule has 17 heavy (non-hydrogen) atoms. The molecule has 0 aliphatic heterocycles. The van der Waals surface area contributed by atoms with E-state index in [9.17, 15) is 18.4 Å². The van der Waals surface area contributed by atoms with Crippen LogP contribution in [0.15, 0.2) is 48.8 Å². The number of alkyl halides is 3. The van der Waals surface area contributed by atoms with Crippen molar-refractivity contribution in [2.24, 2.45) is 0 Å². The number of aromatic nitrogens is 1. The topological polar surface area (TPSA) is 26.9 Å². The molecule has 5 heteroatoms. The number of nitrogens with zero attached hydrogens (tertiary/aromatic N) is 1. The summed E-state index contributed by atoms with van der Waals surface area (Å²) in [6, 6.07) is 8.05. The van der Waals surface area contributed by atoms with Gasteiger partial charge in [-0.25, -0.2) is 0 Å². The Kier molecular flexibility index (Phi) is 2.75. The van der Waals surface area contributed by atoms with Crippen LogP contribution in [-0.2, 0) is 6.18 Å². The zero-order valence-electron chi connectivity index (χ0n) is 8.61. The van der Waals surface area contributed by atoms with E-state index in [2.05, 4.69) is 0 Å². The highest BCUT2D eigenvalue weighted by molar-refractivity contribution is 5.66. The van der Waals surface area contributed by atoms with Crippen LogP contribution in [0.4, 0.5) is 13.2 Å². The summed E-state index contributed by atoms with van der Waals surface area (Å²) in [6.45, 7) is 0. The monoisotopic (exact) mass is 239 g/mol. The summed E-state index contributed by atoms with van der Waals surface area (Å²) >= 11 is 0. The zero-order chi connectivity index (χ0) is 12.5. The van der Waals surface area contributed by atoms with Gasteiger partial charge in [0.15, 0.2) is 12.4 Å². The van der Waals surface area contributed by atoms with Gasteiger partial charge in [0, 0.05) is 11.6 Å². The molecule has 0 saturated heterocycles. The first-order chi connectivity index (χ1) is 7.98. The highest BCUT2D eigenvalue weighted by Gasteiger charge is 2.33. The maximum atomic E-state index is 12.7. The van der Waals surface area contributed by atoms with Gasteiger partial charge in [0.05, 0.1) is 5.56 Å². The van der Waals surface area contributed by atoms with Gasteiger partial charge in [-0.1, -0.05) is 18.2 Å². The van der Waals surface area contributed by atoms with E-state index in [1.807, 2.05) is 0 Å². The molecule has 0 radical (unpaired) electrons. The third kappa shape index (κ3) is 2.38. The van der Waals surface area contributed by atoms with Gasteiger partial charge in [-0.05, 0) is 17.7 Å². The van der Waals surface area contributed by atoms with Crippen molar-refractivity contribution in [3.05, 3.63) is 59.6 Å². The van der Waals surface area contributed by atoms with Crippen molar-refractivity contribution in [2.75, 3.05) is 0 Å². The molecule has 0 fully saturated rings. The van der Waals surface area contributed by atoms with Crippen LogP contribution in [-0.4, -0.2) is 0 Å². The molecule has 0 bridgehead atoms. The Morgan fingerprint density at radius 1 is 1.00 bits per heavy atom. The highest BCUT2D eigenvalue weighted by Crippen LogP contribution is 2.36. The van der Waals surface area contributed by atoms with E-state index < -0.39 is 11.7 Å². The summed E-state index contributed by atoms with van der Waals surface area (Å²) in [5.74, 6) is 0. The molecule has 0 unspecified atom stereocenters. The van der Waals surface area contributed by atoms with Gasteiger partial charge in [0.1, 0.15) is 0 Å². The summed E-state index contributed by atoms with van der Waals surface area (Å²) in [6.07, 6.45) is -2.09. The van der Waals surface area contributed by atoms with Crippen molar-refractivity contribution < 1.29 is 17.9 Å². The molecule has 0 atom stereocenters. The van der Waals surface area contributed by atoms with E-state index in [1.54, 1.807) is 0 Å². The normalized spacial score (nSPS) is 11.5. The molecule has 1 aromatic heterocycles. The van der Waals surface area contributed by atoms with Gasteiger partial charge in [-0.2, -0.15) is 17.9 Å². The first-order valence-electron chi connectivity index (χ1n) is 4.84. The second-order valence-corrected chi connectivity index (χ2v) is 3.50. The molecule has 1 aromatic carbocycles. The molecule has 0 N–H and O–H groups in total. The number of hydrogen-bond donors (Lipinski definition) is 0. The summed E-state index contributed by atoms with van der Waals surface area (Å²) in [5.41, 5.74) is -0.494. The Balaban J connectivity index is 2.60. The van der Waals surface area contributed by atoms with Gasteiger partial charge in [0.25, 0.3) is 0 Å². The highest BCUT2D eigenvalue weighted by atomic mass is 19.4. The molecule has 2 nitrogen and oxygen atoms in total. The maximum Gasteiger partial charge on any atom is 0.417 e. The molecule has 0 aliphatic carbocycles. The Labute approximate surface area is 95.5 Å². The minimum Gasteiger partial charge on any atom is -0.619 e. The predicted molar refractivity (Wildman–Crippen MR) is 55.8 cm³/mol. The number of halogens is 3. The van der Waals surface area contributed by atoms with Gasteiger partial charge in [-0.3, -0.25) is 0 Å². The molecule has 0 aliphatic rings. The first-order valence-corrected chi connectivity index (χ1v) is 4.84. The van der Waals surface area contributed by atoms with E-state index in [0.29, 0.717) is 4.73 Å². The van der Waals surface area contributed by atoms with Crippen LogP contribution in [0.25, 0.3) is 11.1 Å². The van der Waals surface area contributed by atoms with Crippen molar-refractivity contribution in [2.45, 2.75) is 6.18 Å². The Bertz CT molecular complexity index is 537. The molecule has 2 rings (SSSR count). The molecular weight excluding hydrogens is 231 g/mol. The lowest BCUT2D eigenvalue weighted by molar-refractivity contribution is -0.604. The van der Waals surface area contributed by atoms with Crippen molar-refractivity contribution in [1.29, 1.82) is 0 Å². The summed E-state index contributed by atoms with van der Waals surface area (Å²) in [5, 5.41) is 11.1. The summed E-state index contributed by atoms with van der Waals surface area (Å²) in [4.78, 5) is 0. The summed E-state index contributed by atoms with van der Waals surface area (Å²) < 4.78 is 38.7. The van der Waals surface area contributed by atoms with Crippen LogP contribution >= 0.6 is 0 Å². The van der Waals surface area contributed by atoms with E-state index in [0.717, 1.165) is 12.3 Å². The van der Waals surface area contributed by atoms with Gasteiger partial charge >= 0.3 is 6.18 Å². The second-order valence-electron chi connectivity index (χ2n) is 3.50. The van der Waals surface area contributed by atoms with Crippen molar-refractivity contribution in [1.82, 2.24) is 0 Å². The Hall–Kier alpha value is -2.04. The Morgan fingerprint density at radius 3 is 2.35 bits per heavy atom. The number of pyridine rings is 1. The standard InChI is InChI=1S/C12H8F3NO/c13-12(14,15)11-6-2-1-5-10(11)9-4-3-7-16(17)8-9/h1-8H. The second kappa shape index (κ2) is 4.08. The Morgan fingerprint density at radius 2 is 1.71 bits per heavy atom.